The summed E-state index contributed by atoms with van der Waals surface area (Å²) in [6, 6.07) is 17.5. The molecule has 104 valence electrons. The minimum atomic E-state index is 0.373. The van der Waals surface area contributed by atoms with Gasteiger partial charge in [0.2, 0.25) is 0 Å². The first-order valence-corrected chi connectivity index (χ1v) is 7.89. The molecule has 1 heterocycles. The fourth-order valence-electron chi connectivity index (χ4n) is 2.72. The van der Waals surface area contributed by atoms with E-state index in [0.29, 0.717) is 6.04 Å². The van der Waals surface area contributed by atoms with Gasteiger partial charge < -0.3 is 10.6 Å². The summed E-state index contributed by atoms with van der Waals surface area (Å²) in [7, 11) is 0. The van der Waals surface area contributed by atoms with Crippen molar-refractivity contribution in [2.24, 2.45) is 5.73 Å². The molecule has 1 fully saturated rings. The van der Waals surface area contributed by atoms with Gasteiger partial charge in [0.1, 0.15) is 0 Å². The van der Waals surface area contributed by atoms with Gasteiger partial charge in [0.25, 0.3) is 0 Å². The SMILES string of the molecule is NC1CCN(c2cccc(-c3ccccc3Br)c2)CC1. The van der Waals surface area contributed by atoms with Crippen LogP contribution in [-0.4, -0.2) is 19.1 Å². The van der Waals surface area contributed by atoms with Gasteiger partial charge >= 0.3 is 0 Å². The predicted octanol–water partition coefficient (Wildman–Crippen LogP) is 4.04. The number of nitrogens with zero attached hydrogens (tertiary/aromatic N) is 1. The first-order chi connectivity index (χ1) is 9.74. The van der Waals surface area contributed by atoms with E-state index in [1.165, 1.54) is 16.8 Å². The number of piperidine rings is 1. The number of rotatable bonds is 2. The number of halogens is 1. The molecule has 0 bridgehead atoms. The lowest BCUT2D eigenvalue weighted by Crippen LogP contribution is -2.39. The van der Waals surface area contributed by atoms with Crippen molar-refractivity contribution >= 4 is 21.6 Å². The maximum Gasteiger partial charge on any atom is 0.0372 e. The van der Waals surface area contributed by atoms with Crippen LogP contribution in [0.15, 0.2) is 53.0 Å². The van der Waals surface area contributed by atoms with E-state index < -0.39 is 0 Å². The molecule has 2 aromatic carbocycles. The Hall–Kier alpha value is -1.32. The molecule has 0 aliphatic carbocycles. The van der Waals surface area contributed by atoms with Crippen molar-refractivity contribution in [3.8, 4) is 11.1 Å². The molecule has 0 unspecified atom stereocenters. The zero-order valence-electron chi connectivity index (χ0n) is 11.4. The van der Waals surface area contributed by atoms with Crippen molar-refractivity contribution in [3.63, 3.8) is 0 Å². The lowest BCUT2D eigenvalue weighted by atomic mass is 10.0. The molecule has 0 saturated carbocycles. The fraction of sp³-hybridized carbons (Fsp3) is 0.294. The average molecular weight is 331 g/mol. The summed E-state index contributed by atoms with van der Waals surface area (Å²) in [6.45, 7) is 2.11. The Balaban J connectivity index is 1.88. The maximum atomic E-state index is 5.98. The number of benzene rings is 2. The molecule has 0 aromatic heterocycles. The van der Waals surface area contributed by atoms with E-state index >= 15 is 0 Å². The highest BCUT2D eigenvalue weighted by atomic mass is 79.9. The van der Waals surface area contributed by atoms with Gasteiger partial charge in [-0.05, 0) is 42.2 Å². The van der Waals surface area contributed by atoms with Gasteiger partial charge in [0, 0.05) is 29.3 Å². The standard InChI is InChI=1S/C17H19BrN2/c18-17-7-2-1-6-16(17)13-4-3-5-15(12-13)20-10-8-14(19)9-11-20/h1-7,12,14H,8-11,19H2. The largest absolute Gasteiger partial charge is 0.371 e. The summed E-state index contributed by atoms with van der Waals surface area (Å²) >= 11 is 3.63. The molecular formula is C17H19BrN2. The quantitative estimate of drug-likeness (QED) is 0.900. The molecular weight excluding hydrogens is 312 g/mol. The molecule has 3 heteroatoms. The Kier molecular flexibility index (Phi) is 4.08. The van der Waals surface area contributed by atoms with E-state index in [1.54, 1.807) is 0 Å². The third kappa shape index (κ3) is 2.89. The third-order valence-corrected chi connectivity index (χ3v) is 4.63. The summed E-state index contributed by atoms with van der Waals surface area (Å²) in [5, 5.41) is 0. The van der Waals surface area contributed by atoms with Crippen LogP contribution in [0, 0.1) is 0 Å². The first kappa shape index (κ1) is 13.7. The van der Waals surface area contributed by atoms with Gasteiger partial charge in [-0.3, -0.25) is 0 Å². The van der Waals surface area contributed by atoms with E-state index in [0.717, 1.165) is 30.4 Å². The highest BCUT2D eigenvalue weighted by molar-refractivity contribution is 9.10. The number of anilines is 1. The summed E-state index contributed by atoms with van der Waals surface area (Å²) in [4.78, 5) is 2.43. The van der Waals surface area contributed by atoms with Gasteiger partial charge in [-0.15, -0.1) is 0 Å². The van der Waals surface area contributed by atoms with Crippen molar-refractivity contribution in [1.82, 2.24) is 0 Å². The van der Waals surface area contributed by atoms with E-state index in [2.05, 4.69) is 63.3 Å². The van der Waals surface area contributed by atoms with Crippen molar-refractivity contribution in [1.29, 1.82) is 0 Å². The molecule has 20 heavy (non-hydrogen) atoms. The second-order valence-electron chi connectivity index (χ2n) is 5.35. The van der Waals surface area contributed by atoms with Crippen molar-refractivity contribution in [3.05, 3.63) is 53.0 Å². The number of nitrogens with two attached hydrogens (primary N) is 1. The highest BCUT2D eigenvalue weighted by Crippen LogP contribution is 2.31. The Morgan fingerprint density at radius 1 is 1.00 bits per heavy atom. The lowest BCUT2D eigenvalue weighted by molar-refractivity contribution is 0.501. The van der Waals surface area contributed by atoms with Crippen molar-refractivity contribution in [2.45, 2.75) is 18.9 Å². The minimum absolute atomic E-state index is 0.373. The van der Waals surface area contributed by atoms with Crippen molar-refractivity contribution in [2.75, 3.05) is 18.0 Å². The van der Waals surface area contributed by atoms with Gasteiger partial charge in [0.05, 0.1) is 0 Å². The average Bonchev–Trinajstić information content (AvgIpc) is 2.49. The van der Waals surface area contributed by atoms with E-state index in [4.69, 9.17) is 5.73 Å². The highest BCUT2D eigenvalue weighted by Gasteiger charge is 2.16. The molecule has 0 amide bonds. The van der Waals surface area contributed by atoms with Crippen LogP contribution in [0.1, 0.15) is 12.8 Å². The lowest BCUT2D eigenvalue weighted by Gasteiger charge is -2.32. The molecule has 1 saturated heterocycles. The second kappa shape index (κ2) is 5.98. The van der Waals surface area contributed by atoms with Crippen LogP contribution < -0.4 is 10.6 Å². The number of hydrogen-bond acceptors (Lipinski definition) is 2. The Labute approximate surface area is 128 Å². The molecule has 2 aromatic rings. The van der Waals surface area contributed by atoms with E-state index in [-0.39, 0.29) is 0 Å². The van der Waals surface area contributed by atoms with E-state index in [1.807, 2.05) is 6.07 Å². The Morgan fingerprint density at radius 2 is 1.75 bits per heavy atom. The van der Waals surface area contributed by atoms with Crippen LogP contribution in [0.25, 0.3) is 11.1 Å². The Morgan fingerprint density at radius 3 is 2.50 bits per heavy atom. The molecule has 0 spiro atoms. The first-order valence-electron chi connectivity index (χ1n) is 7.09. The fourth-order valence-corrected chi connectivity index (χ4v) is 3.24. The van der Waals surface area contributed by atoms with E-state index in [9.17, 15) is 0 Å². The van der Waals surface area contributed by atoms with Gasteiger partial charge in [-0.25, -0.2) is 0 Å². The minimum Gasteiger partial charge on any atom is -0.371 e. The molecule has 0 radical (unpaired) electrons. The van der Waals surface area contributed by atoms with Gasteiger partial charge in [0.15, 0.2) is 0 Å². The summed E-state index contributed by atoms with van der Waals surface area (Å²) in [6.07, 6.45) is 2.17. The monoisotopic (exact) mass is 330 g/mol. The third-order valence-electron chi connectivity index (χ3n) is 3.94. The normalized spacial score (nSPS) is 16.4. The molecule has 3 rings (SSSR count). The zero-order valence-corrected chi connectivity index (χ0v) is 13.0. The van der Waals surface area contributed by atoms with Crippen LogP contribution >= 0.6 is 15.9 Å². The zero-order chi connectivity index (χ0) is 13.9. The maximum absolute atomic E-state index is 5.98. The predicted molar refractivity (Wildman–Crippen MR) is 89.0 cm³/mol. The number of hydrogen-bond donors (Lipinski definition) is 1. The molecule has 2 nitrogen and oxygen atoms in total. The second-order valence-corrected chi connectivity index (χ2v) is 6.21. The molecule has 1 aliphatic heterocycles. The summed E-state index contributed by atoms with van der Waals surface area (Å²) in [5.41, 5.74) is 9.77. The molecule has 2 N–H and O–H groups in total. The smallest absolute Gasteiger partial charge is 0.0372 e. The van der Waals surface area contributed by atoms with Crippen LogP contribution in [0.2, 0.25) is 0 Å². The van der Waals surface area contributed by atoms with Crippen molar-refractivity contribution < 1.29 is 0 Å². The molecule has 1 aliphatic rings. The van der Waals surface area contributed by atoms with Gasteiger partial charge in [-0.2, -0.15) is 0 Å². The van der Waals surface area contributed by atoms with Crippen LogP contribution in [0.5, 0.6) is 0 Å². The summed E-state index contributed by atoms with van der Waals surface area (Å²) < 4.78 is 1.14. The summed E-state index contributed by atoms with van der Waals surface area (Å²) in [5.74, 6) is 0. The van der Waals surface area contributed by atoms with Crippen LogP contribution in [-0.2, 0) is 0 Å². The topological polar surface area (TPSA) is 29.3 Å². The molecule has 0 atom stereocenters. The van der Waals surface area contributed by atoms with Crippen LogP contribution in [0.4, 0.5) is 5.69 Å². The van der Waals surface area contributed by atoms with Crippen LogP contribution in [0.3, 0.4) is 0 Å². The van der Waals surface area contributed by atoms with Gasteiger partial charge in [-0.1, -0.05) is 46.3 Å². The Bertz CT molecular complexity index is 589.